The molecule has 0 saturated carbocycles. The predicted octanol–water partition coefficient (Wildman–Crippen LogP) is 2.72. The van der Waals surface area contributed by atoms with Crippen molar-refractivity contribution in [3.63, 3.8) is 0 Å². The highest BCUT2D eigenvalue weighted by Crippen LogP contribution is 2.11. The topological polar surface area (TPSA) is 51.5 Å². The van der Waals surface area contributed by atoms with Crippen LogP contribution in [0.4, 0.5) is 0 Å². The molecule has 20 heavy (non-hydrogen) atoms. The van der Waals surface area contributed by atoms with Gasteiger partial charge in [-0.3, -0.25) is 4.79 Å². The number of ether oxygens (including phenoxy) is 1. The molecule has 106 valence electrons. The number of hydrogen-bond donors (Lipinski definition) is 1. The maximum atomic E-state index is 11.6. The van der Waals surface area contributed by atoms with E-state index in [2.05, 4.69) is 5.32 Å². The van der Waals surface area contributed by atoms with Crippen molar-refractivity contribution < 1.29 is 13.9 Å². The van der Waals surface area contributed by atoms with Gasteiger partial charge in [-0.25, -0.2) is 0 Å². The standard InChI is InChI=1S/C16H19NO3/c1-13-4-2-5-15(12-13)20-11-9-17-16(18)8-7-14-6-3-10-19-14/h2-6,10,12H,7-9,11H2,1H3,(H,17,18). The Hall–Kier alpha value is -2.23. The van der Waals surface area contributed by atoms with E-state index in [-0.39, 0.29) is 5.91 Å². The molecule has 1 heterocycles. The van der Waals surface area contributed by atoms with Crippen LogP contribution in [0.15, 0.2) is 47.1 Å². The van der Waals surface area contributed by atoms with Crippen LogP contribution in [-0.2, 0) is 11.2 Å². The SMILES string of the molecule is Cc1cccc(OCCNC(=O)CCc2ccco2)c1. The van der Waals surface area contributed by atoms with Gasteiger partial charge in [0.15, 0.2) is 0 Å². The molecule has 4 nitrogen and oxygen atoms in total. The van der Waals surface area contributed by atoms with Crippen molar-refractivity contribution in [1.82, 2.24) is 5.32 Å². The largest absolute Gasteiger partial charge is 0.492 e. The fourth-order valence-corrected chi connectivity index (χ4v) is 1.84. The number of aryl methyl sites for hydroxylation is 2. The third-order valence-electron chi connectivity index (χ3n) is 2.86. The van der Waals surface area contributed by atoms with Gasteiger partial charge in [0.2, 0.25) is 5.91 Å². The minimum absolute atomic E-state index is 0.00856. The van der Waals surface area contributed by atoms with Crippen LogP contribution in [0.5, 0.6) is 5.75 Å². The number of rotatable bonds is 7. The number of benzene rings is 1. The predicted molar refractivity (Wildman–Crippen MR) is 76.7 cm³/mol. The second kappa shape index (κ2) is 7.38. The monoisotopic (exact) mass is 273 g/mol. The lowest BCUT2D eigenvalue weighted by Crippen LogP contribution is -2.28. The maximum absolute atomic E-state index is 11.6. The first-order valence-corrected chi connectivity index (χ1v) is 6.72. The second-order valence-electron chi connectivity index (χ2n) is 4.59. The first-order chi connectivity index (χ1) is 9.74. The molecule has 0 aliphatic rings. The van der Waals surface area contributed by atoms with Gasteiger partial charge >= 0.3 is 0 Å². The quantitative estimate of drug-likeness (QED) is 0.789. The van der Waals surface area contributed by atoms with Crippen LogP contribution in [-0.4, -0.2) is 19.1 Å². The number of amides is 1. The van der Waals surface area contributed by atoms with Crippen molar-refractivity contribution in [2.45, 2.75) is 19.8 Å². The molecule has 0 spiro atoms. The Balaban J connectivity index is 1.59. The van der Waals surface area contributed by atoms with E-state index in [4.69, 9.17) is 9.15 Å². The Morgan fingerprint density at radius 3 is 2.95 bits per heavy atom. The minimum atomic E-state index is 0.00856. The molecule has 0 bridgehead atoms. The van der Waals surface area contributed by atoms with Crippen molar-refractivity contribution >= 4 is 5.91 Å². The molecule has 0 aliphatic heterocycles. The average molecular weight is 273 g/mol. The van der Waals surface area contributed by atoms with E-state index in [1.165, 1.54) is 0 Å². The molecule has 0 aliphatic carbocycles. The van der Waals surface area contributed by atoms with Crippen LogP contribution in [0.1, 0.15) is 17.7 Å². The van der Waals surface area contributed by atoms with Gasteiger partial charge in [-0.2, -0.15) is 0 Å². The lowest BCUT2D eigenvalue weighted by Gasteiger charge is -2.08. The summed E-state index contributed by atoms with van der Waals surface area (Å²) < 4.78 is 10.7. The Labute approximate surface area is 118 Å². The van der Waals surface area contributed by atoms with Gasteiger partial charge in [-0.05, 0) is 36.8 Å². The number of carbonyl (C=O) groups excluding carboxylic acids is 1. The Morgan fingerprint density at radius 2 is 2.20 bits per heavy atom. The van der Waals surface area contributed by atoms with E-state index in [0.29, 0.717) is 26.0 Å². The van der Waals surface area contributed by atoms with E-state index < -0.39 is 0 Å². The van der Waals surface area contributed by atoms with E-state index in [1.54, 1.807) is 6.26 Å². The van der Waals surface area contributed by atoms with Crippen molar-refractivity contribution in [1.29, 1.82) is 0 Å². The first-order valence-electron chi connectivity index (χ1n) is 6.72. The molecule has 0 fully saturated rings. The van der Waals surface area contributed by atoms with E-state index in [0.717, 1.165) is 17.1 Å². The van der Waals surface area contributed by atoms with Crippen molar-refractivity contribution in [2.75, 3.05) is 13.2 Å². The van der Waals surface area contributed by atoms with Crippen LogP contribution in [0.2, 0.25) is 0 Å². The molecule has 2 aromatic rings. The van der Waals surface area contributed by atoms with Gasteiger partial charge in [-0.15, -0.1) is 0 Å². The average Bonchev–Trinajstić information content (AvgIpc) is 2.95. The highest BCUT2D eigenvalue weighted by molar-refractivity contribution is 5.76. The molecular formula is C16H19NO3. The number of furan rings is 1. The molecule has 0 radical (unpaired) electrons. The minimum Gasteiger partial charge on any atom is -0.492 e. The molecule has 4 heteroatoms. The van der Waals surface area contributed by atoms with Gasteiger partial charge in [0, 0.05) is 12.8 Å². The fourth-order valence-electron chi connectivity index (χ4n) is 1.84. The van der Waals surface area contributed by atoms with Crippen molar-refractivity contribution in [3.05, 3.63) is 54.0 Å². The number of nitrogens with one attached hydrogen (secondary N) is 1. The van der Waals surface area contributed by atoms with Crippen molar-refractivity contribution in [2.24, 2.45) is 0 Å². The lowest BCUT2D eigenvalue weighted by molar-refractivity contribution is -0.121. The highest BCUT2D eigenvalue weighted by Gasteiger charge is 2.03. The number of hydrogen-bond acceptors (Lipinski definition) is 3. The molecule has 0 atom stereocenters. The van der Waals surface area contributed by atoms with Gasteiger partial charge in [0.1, 0.15) is 18.1 Å². The summed E-state index contributed by atoms with van der Waals surface area (Å²) in [5.41, 5.74) is 1.16. The van der Waals surface area contributed by atoms with Gasteiger partial charge < -0.3 is 14.5 Å². The summed E-state index contributed by atoms with van der Waals surface area (Å²) in [6.07, 6.45) is 2.67. The lowest BCUT2D eigenvalue weighted by atomic mass is 10.2. The van der Waals surface area contributed by atoms with E-state index >= 15 is 0 Å². The van der Waals surface area contributed by atoms with Crippen LogP contribution in [0, 0.1) is 6.92 Å². The zero-order chi connectivity index (χ0) is 14.2. The number of carbonyl (C=O) groups is 1. The van der Waals surface area contributed by atoms with Crippen LogP contribution >= 0.6 is 0 Å². The third-order valence-corrected chi connectivity index (χ3v) is 2.86. The Morgan fingerprint density at radius 1 is 1.30 bits per heavy atom. The van der Waals surface area contributed by atoms with E-state index in [1.807, 2.05) is 43.3 Å². The molecule has 2 rings (SSSR count). The summed E-state index contributed by atoms with van der Waals surface area (Å²) in [6, 6.07) is 11.5. The van der Waals surface area contributed by atoms with Gasteiger partial charge in [0.05, 0.1) is 12.8 Å². The molecule has 1 amide bonds. The van der Waals surface area contributed by atoms with Crippen LogP contribution < -0.4 is 10.1 Å². The van der Waals surface area contributed by atoms with Gasteiger partial charge in [0.25, 0.3) is 0 Å². The first kappa shape index (κ1) is 14.2. The summed E-state index contributed by atoms with van der Waals surface area (Å²) in [7, 11) is 0. The van der Waals surface area contributed by atoms with Gasteiger partial charge in [-0.1, -0.05) is 12.1 Å². The molecule has 1 aromatic carbocycles. The summed E-state index contributed by atoms with van der Waals surface area (Å²) >= 11 is 0. The zero-order valence-corrected chi connectivity index (χ0v) is 11.6. The van der Waals surface area contributed by atoms with E-state index in [9.17, 15) is 4.79 Å². The molecule has 1 N–H and O–H groups in total. The molecular weight excluding hydrogens is 254 g/mol. The van der Waals surface area contributed by atoms with Crippen LogP contribution in [0.3, 0.4) is 0 Å². The summed E-state index contributed by atoms with van der Waals surface area (Å²) in [4.78, 5) is 11.6. The molecule has 1 aromatic heterocycles. The normalized spacial score (nSPS) is 10.2. The second-order valence-corrected chi connectivity index (χ2v) is 4.59. The summed E-state index contributed by atoms with van der Waals surface area (Å²) in [5, 5.41) is 2.82. The Bertz CT molecular complexity index is 534. The highest BCUT2D eigenvalue weighted by atomic mass is 16.5. The smallest absolute Gasteiger partial charge is 0.220 e. The molecule has 0 unspecified atom stereocenters. The zero-order valence-electron chi connectivity index (χ0n) is 11.6. The van der Waals surface area contributed by atoms with Crippen LogP contribution in [0.25, 0.3) is 0 Å². The maximum Gasteiger partial charge on any atom is 0.220 e. The third kappa shape index (κ3) is 4.80. The van der Waals surface area contributed by atoms with Crippen molar-refractivity contribution in [3.8, 4) is 5.75 Å². The fraction of sp³-hybridized carbons (Fsp3) is 0.312. The summed E-state index contributed by atoms with van der Waals surface area (Å²) in [6.45, 7) is 2.99. The summed E-state index contributed by atoms with van der Waals surface area (Å²) in [5.74, 6) is 1.67. The Kier molecular flexibility index (Phi) is 5.24. The molecule has 0 saturated heterocycles.